The normalized spacial score (nSPS) is 10.7. The van der Waals surface area contributed by atoms with E-state index in [1.165, 1.54) is 0 Å². The molecule has 0 amide bonds. The summed E-state index contributed by atoms with van der Waals surface area (Å²) in [6.45, 7) is 11.8. The molecule has 7 heteroatoms. The summed E-state index contributed by atoms with van der Waals surface area (Å²) in [4.78, 5) is 38.0. The molecule has 0 aromatic heterocycles. The Bertz CT molecular complexity index is 922. The van der Waals surface area contributed by atoms with Gasteiger partial charge in [-0.1, -0.05) is 48.2 Å². The molecule has 2 rings (SSSR count). The highest BCUT2D eigenvalue weighted by molar-refractivity contribution is 7.90. The monoisotopic (exact) mass is 502 g/mol. The highest BCUT2D eigenvalue weighted by atomic mass is 31.1. The van der Waals surface area contributed by atoms with Crippen molar-refractivity contribution >= 4 is 24.9 Å². The van der Waals surface area contributed by atoms with Crippen molar-refractivity contribution in [3.05, 3.63) is 68.8 Å². The summed E-state index contributed by atoms with van der Waals surface area (Å²) >= 11 is 0. The van der Waals surface area contributed by atoms with E-state index in [0.29, 0.717) is 11.1 Å². The molecule has 6 nitrogen and oxygen atoms in total. The molecule has 0 unspecified atom stereocenters. The molecule has 0 saturated carbocycles. The van der Waals surface area contributed by atoms with Crippen molar-refractivity contribution < 1.29 is 29.7 Å². The summed E-state index contributed by atoms with van der Waals surface area (Å²) in [7, 11) is -2.04. The van der Waals surface area contributed by atoms with Gasteiger partial charge in [-0.25, -0.2) is 0 Å². The fourth-order valence-electron chi connectivity index (χ4n) is 4.25. The predicted molar refractivity (Wildman–Crippen MR) is 142 cm³/mol. The van der Waals surface area contributed by atoms with Crippen molar-refractivity contribution in [3.63, 3.8) is 0 Å². The van der Waals surface area contributed by atoms with Crippen LogP contribution in [-0.2, 0) is 4.79 Å². The highest BCUT2D eigenvalue weighted by Crippen LogP contribution is 2.45. The Morgan fingerprint density at radius 2 is 0.943 bits per heavy atom. The largest absolute Gasteiger partial charge is 0.481 e. The minimum Gasteiger partial charge on any atom is -0.481 e. The maximum Gasteiger partial charge on any atom is 0.308 e. The average molecular weight is 503 g/mol. The number of rotatable bonds is 11. The topological polar surface area (TPSA) is 112 Å². The Kier molecular flexibility index (Phi) is 13.0. The number of aliphatic hydroxyl groups is 2. The van der Waals surface area contributed by atoms with Gasteiger partial charge in [0.1, 0.15) is 0 Å². The number of benzene rings is 2. The molecule has 0 saturated heterocycles. The van der Waals surface area contributed by atoms with Crippen molar-refractivity contribution in [3.8, 4) is 0 Å². The molecule has 0 aliphatic rings. The number of hydrogen-bond donors (Lipinski definition) is 3. The van der Waals surface area contributed by atoms with Gasteiger partial charge >= 0.3 is 5.97 Å². The molecule has 2 aromatic carbocycles. The van der Waals surface area contributed by atoms with Gasteiger partial charge in [-0.2, -0.15) is 0 Å². The van der Waals surface area contributed by atoms with E-state index in [0.717, 1.165) is 59.1 Å². The molecule has 0 spiro atoms. The number of aryl methyl sites for hydroxylation is 6. The number of carboxylic acid groups (broad SMARTS) is 1. The second-order valence-electron chi connectivity index (χ2n) is 9.00. The fraction of sp³-hybridized carbons (Fsp3) is 0.464. The van der Waals surface area contributed by atoms with Gasteiger partial charge in [0.25, 0.3) is 0 Å². The van der Waals surface area contributed by atoms with Crippen LogP contribution >= 0.6 is 7.92 Å². The van der Waals surface area contributed by atoms with Crippen LogP contribution in [0.1, 0.15) is 79.8 Å². The first kappa shape index (κ1) is 30.6. The van der Waals surface area contributed by atoms with Gasteiger partial charge in [0, 0.05) is 24.3 Å². The van der Waals surface area contributed by atoms with Crippen LogP contribution in [0.5, 0.6) is 0 Å². The van der Waals surface area contributed by atoms with E-state index in [1.54, 1.807) is 0 Å². The molecule has 0 aliphatic heterocycles. The lowest BCUT2D eigenvalue weighted by atomic mass is 10.0. The molecular weight excluding hydrogens is 463 g/mol. The molecule has 0 fully saturated rings. The van der Waals surface area contributed by atoms with Crippen molar-refractivity contribution in [1.82, 2.24) is 0 Å². The van der Waals surface area contributed by atoms with Gasteiger partial charge in [-0.15, -0.1) is 0 Å². The van der Waals surface area contributed by atoms with Crippen molar-refractivity contribution in [2.24, 2.45) is 0 Å². The van der Waals surface area contributed by atoms with Gasteiger partial charge < -0.3 is 15.3 Å². The standard InChI is InChI=1S/C22H25O4P.C6H14O2/c1-12-7-14(3)19(15(4)8-12)21(25)27(11-18(23)24)22(26)20-16(5)9-13(2)10-17(20)6;7-5-3-1-2-4-6-8/h7-10H,11H2,1-6H3,(H,23,24);7-8H,1-6H2. The molecule has 0 radical (unpaired) electrons. The number of aliphatic hydroxyl groups excluding tert-OH is 2. The van der Waals surface area contributed by atoms with Crippen LogP contribution in [-0.4, -0.2) is 51.7 Å². The van der Waals surface area contributed by atoms with Crippen LogP contribution in [0.2, 0.25) is 0 Å². The third kappa shape index (κ3) is 9.29. The highest BCUT2D eigenvalue weighted by Gasteiger charge is 2.33. The molecule has 2 aromatic rings. The second kappa shape index (κ2) is 14.9. The number of unbranched alkanes of at least 4 members (excludes halogenated alkanes) is 3. The molecular formula is C28H39O6P. The SMILES string of the molecule is Cc1cc(C)c(C(=O)P(CC(=O)O)C(=O)c2c(C)cc(C)cc2C)c(C)c1.OCCCCCCO. The summed E-state index contributed by atoms with van der Waals surface area (Å²) in [5.41, 5.74) is 5.41. The first-order chi connectivity index (χ1) is 16.4. The van der Waals surface area contributed by atoms with Crippen LogP contribution in [0.25, 0.3) is 0 Å². The fourth-order valence-corrected chi connectivity index (χ4v) is 6.24. The first-order valence-corrected chi connectivity index (χ1v) is 13.4. The second-order valence-corrected chi connectivity index (χ2v) is 11.0. The van der Waals surface area contributed by atoms with E-state index in [-0.39, 0.29) is 24.3 Å². The van der Waals surface area contributed by atoms with E-state index in [1.807, 2.05) is 65.8 Å². The number of hydrogen-bond acceptors (Lipinski definition) is 5. The van der Waals surface area contributed by atoms with Crippen molar-refractivity contribution in [2.75, 3.05) is 19.4 Å². The smallest absolute Gasteiger partial charge is 0.308 e. The van der Waals surface area contributed by atoms with Gasteiger partial charge in [0.2, 0.25) is 0 Å². The number of carbonyl (C=O) groups is 3. The Balaban J connectivity index is 0.000000658. The first-order valence-electron chi connectivity index (χ1n) is 11.9. The number of carboxylic acids is 1. The zero-order valence-corrected chi connectivity index (χ0v) is 22.7. The van der Waals surface area contributed by atoms with Crippen LogP contribution in [0, 0.1) is 41.5 Å². The number of carbonyl (C=O) groups excluding carboxylic acids is 2. The molecule has 0 bridgehead atoms. The summed E-state index contributed by atoms with van der Waals surface area (Å²) < 4.78 is 0. The third-order valence-electron chi connectivity index (χ3n) is 5.63. The van der Waals surface area contributed by atoms with E-state index < -0.39 is 20.1 Å². The zero-order chi connectivity index (χ0) is 26.7. The maximum atomic E-state index is 13.3. The molecule has 0 heterocycles. The lowest BCUT2D eigenvalue weighted by Crippen LogP contribution is -2.17. The molecule has 0 atom stereocenters. The van der Waals surface area contributed by atoms with Crippen molar-refractivity contribution in [1.29, 1.82) is 0 Å². The summed E-state index contributed by atoms with van der Waals surface area (Å²) in [6.07, 6.45) is 3.38. The summed E-state index contributed by atoms with van der Waals surface area (Å²) in [6, 6.07) is 7.56. The lowest BCUT2D eigenvalue weighted by Gasteiger charge is -2.19. The van der Waals surface area contributed by atoms with E-state index in [4.69, 9.17) is 10.2 Å². The minimum absolute atomic E-state index is 0.283. The Hall–Kier alpha value is -2.40. The lowest BCUT2D eigenvalue weighted by molar-refractivity contribution is -0.134. The van der Waals surface area contributed by atoms with E-state index >= 15 is 0 Å². The van der Waals surface area contributed by atoms with Crippen molar-refractivity contribution in [2.45, 2.75) is 67.2 Å². The number of aliphatic carboxylic acids is 1. The molecule has 35 heavy (non-hydrogen) atoms. The van der Waals surface area contributed by atoms with Crippen LogP contribution in [0.4, 0.5) is 0 Å². The molecule has 3 N–H and O–H groups in total. The van der Waals surface area contributed by atoms with Gasteiger partial charge in [0.05, 0.1) is 14.1 Å². The van der Waals surface area contributed by atoms with Gasteiger partial charge in [0.15, 0.2) is 11.0 Å². The predicted octanol–water partition coefficient (Wildman–Crippen LogP) is 5.62. The average Bonchev–Trinajstić information content (AvgIpc) is 2.74. The Morgan fingerprint density at radius 1 is 0.629 bits per heavy atom. The molecule has 0 aliphatic carbocycles. The molecule has 192 valence electrons. The van der Waals surface area contributed by atoms with E-state index in [9.17, 15) is 19.5 Å². The summed E-state index contributed by atoms with van der Waals surface area (Å²) in [5.74, 6) is -1.13. The minimum atomic E-state index is -2.04. The van der Waals surface area contributed by atoms with Gasteiger partial charge in [-0.05, 0) is 76.6 Å². The van der Waals surface area contributed by atoms with E-state index in [2.05, 4.69) is 0 Å². The zero-order valence-electron chi connectivity index (χ0n) is 21.8. The van der Waals surface area contributed by atoms with Crippen LogP contribution in [0.3, 0.4) is 0 Å². The summed E-state index contributed by atoms with van der Waals surface area (Å²) in [5, 5.41) is 26.0. The maximum absolute atomic E-state index is 13.3. The Labute approximate surface area is 210 Å². The van der Waals surface area contributed by atoms with Crippen LogP contribution < -0.4 is 0 Å². The third-order valence-corrected chi connectivity index (χ3v) is 7.65. The van der Waals surface area contributed by atoms with Crippen LogP contribution in [0.15, 0.2) is 24.3 Å². The Morgan fingerprint density at radius 3 is 1.20 bits per heavy atom. The van der Waals surface area contributed by atoms with Gasteiger partial charge in [-0.3, -0.25) is 14.4 Å². The quantitative estimate of drug-likeness (QED) is 0.272.